The number of fused-ring (bicyclic) bond motifs is 1. The first-order chi connectivity index (χ1) is 17.4. The lowest BCUT2D eigenvalue weighted by Crippen LogP contribution is -2.29. The second-order valence-electron chi connectivity index (χ2n) is 8.48. The lowest BCUT2D eigenvalue weighted by atomic mass is 10.0. The third-order valence-corrected chi connectivity index (χ3v) is 7.16. The Kier molecular flexibility index (Phi) is 6.50. The number of hydrogen-bond donors (Lipinski definition) is 1. The summed E-state index contributed by atoms with van der Waals surface area (Å²) in [6, 6.07) is 13.4. The molecule has 182 valence electrons. The van der Waals surface area contributed by atoms with Crippen molar-refractivity contribution in [2.75, 3.05) is 13.1 Å². The molecule has 0 atom stereocenters. The van der Waals surface area contributed by atoms with E-state index in [2.05, 4.69) is 20.9 Å². The first-order valence-corrected chi connectivity index (χ1v) is 12.1. The van der Waals surface area contributed by atoms with Gasteiger partial charge in [-0.05, 0) is 36.3 Å². The molecule has 0 aliphatic carbocycles. The van der Waals surface area contributed by atoms with Gasteiger partial charge < -0.3 is 14.4 Å². The normalized spacial score (nSPS) is 14.0. The monoisotopic (exact) mass is 503 g/mol. The highest BCUT2D eigenvalue weighted by molar-refractivity contribution is 7.20. The van der Waals surface area contributed by atoms with Crippen molar-refractivity contribution in [2.24, 2.45) is 7.05 Å². The Hall–Kier alpha value is -4.07. The quantitative estimate of drug-likeness (QED) is 0.393. The number of imidazole rings is 1. The molecule has 0 saturated heterocycles. The van der Waals surface area contributed by atoms with Crippen LogP contribution in [-0.4, -0.2) is 43.6 Å². The molecule has 0 amide bonds. The lowest BCUT2D eigenvalue weighted by molar-refractivity contribution is 0.0702. The smallest absolute Gasteiger partial charge is 0.346 e. The Morgan fingerprint density at radius 1 is 1.28 bits per heavy atom. The summed E-state index contributed by atoms with van der Waals surface area (Å²) in [7, 11) is 1.91. The predicted octanol–water partition coefficient (Wildman–Crippen LogP) is 4.61. The molecule has 0 spiro atoms. The number of nitriles is 1. The van der Waals surface area contributed by atoms with Gasteiger partial charge in [0, 0.05) is 31.8 Å². The van der Waals surface area contributed by atoms with E-state index in [1.54, 1.807) is 24.3 Å². The maximum atomic E-state index is 14.1. The van der Waals surface area contributed by atoms with Crippen LogP contribution in [0.5, 0.6) is 5.88 Å². The number of carboxylic acids is 1. The second-order valence-corrected chi connectivity index (χ2v) is 9.51. The van der Waals surface area contributed by atoms with Crippen LogP contribution in [-0.2, 0) is 20.2 Å². The van der Waals surface area contributed by atoms with Crippen molar-refractivity contribution in [2.45, 2.75) is 19.6 Å². The molecule has 0 saturated carbocycles. The van der Waals surface area contributed by atoms with E-state index in [0.29, 0.717) is 22.9 Å². The van der Waals surface area contributed by atoms with Crippen LogP contribution in [0.15, 0.2) is 48.5 Å². The molecule has 36 heavy (non-hydrogen) atoms. The van der Waals surface area contributed by atoms with Gasteiger partial charge in [-0.3, -0.25) is 4.90 Å². The zero-order valence-corrected chi connectivity index (χ0v) is 20.3. The topological polar surface area (TPSA) is 104 Å². The van der Waals surface area contributed by atoms with Crippen LogP contribution in [0.2, 0.25) is 0 Å². The summed E-state index contributed by atoms with van der Waals surface area (Å²) in [6.07, 6.45) is 2.95. The van der Waals surface area contributed by atoms with E-state index in [0.717, 1.165) is 46.9 Å². The summed E-state index contributed by atoms with van der Waals surface area (Å²) in [4.78, 5) is 23.8. The zero-order valence-electron chi connectivity index (χ0n) is 19.4. The molecule has 5 rings (SSSR count). The summed E-state index contributed by atoms with van der Waals surface area (Å²) in [5.41, 5.74) is 3.41. The van der Waals surface area contributed by atoms with E-state index >= 15 is 0 Å². The summed E-state index contributed by atoms with van der Waals surface area (Å²) >= 11 is 1.19. The number of thiophene rings is 1. The fourth-order valence-corrected chi connectivity index (χ4v) is 5.03. The Labute approximate surface area is 210 Å². The highest BCUT2D eigenvalue weighted by Crippen LogP contribution is 2.28. The number of ether oxygens (including phenoxy) is 1. The number of nitrogens with zero attached hydrogens (tertiary/aromatic N) is 5. The van der Waals surface area contributed by atoms with E-state index < -0.39 is 11.8 Å². The third kappa shape index (κ3) is 4.84. The number of halogens is 1. The Balaban J connectivity index is 1.22. The molecule has 0 fully saturated rings. The molecule has 1 aromatic carbocycles. The molecule has 8 nitrogen and oxygen atoms in total. The average molecular weight is 504 g/mol. The molecule has 0 bridgehead atoms. The van der Waals surface area contributed by atoms with Crippen molar-refractivity contribution < 1.29 is 19.0 Å². The first-order valence-electron chi connectivity index (χ1n) is 11.3. The fraction of sp³-hybridized carbons (Fsp3) is 0.231. The Morgan fingerprint density at radius 2 is 2.14 bits per heavy atom. The number of rotatable bonds is 7. The van der Waals surface area contributed by atoms with Crippen LogP contribution in [0.1, 0.15) is 38.7 Å². The molecular formula is C26H22FN5O3S. The summed E-state index contributed by atoms with van der Waals surface area (Å²) in [5.74, 6) is -0.102. The molecule has 4 aromatic rings. The summed E-state index contributed by atoms with van der Waals surface area (Å²) in [6.45, 7) is 2.25. The van der Waals surface area contributed by atoms with Crippen LogP contribution in [0.25, 0.3) is 15.9 Å². The highest BCUT2D eigenvalue weighted by atomic mass is 32.1. The van der Waals surface area contributed by atoms with E-state index in [1.165, 1.54) is 17.4 Å². The van der Waals surface area contributed by atoms with Crippen molar-refractivity contribution in [1.29, 1.82) is 5.26 Å². The maximum Gasteiger partial charge on any atom is 0.346 e. The molecule has 0 unspecified atom stereocenters. The van der Waals surface area contributed by atoms with Gasteiger partial charge in [0.25, 0.3) is 0 Å². The van der Waals surface area contributed by atoms with Crippen LogP contribution >= 0.6 is 11.3 Å². The van der Waals surface area contributed by atoms with Crippen LogP contribution < -0.4 is 4.74 Å². The van der Waals surface area contributed by atoms with Crippen LogP contribution in [0.3, 0.4) is 0 Å². The van der Waals surface area contributed by atoms with Gasteiger partial charge >= 0.3 is 5.97 Å². The number of aromatic nitrogens is 3. The van der Waals surface area contributed by atoms with Gasteiger partial charge in [0.05, 0.1) is 29.4 Å². The van der Waals surface area contributed by atoms with Gasteiger partial charge in [-0.25, -0.2) is 19.2 Å². The molecule has 4 heterocycles. The average Bonchev–Trinajstić information content (AvgIpc) is 3.43. The lowest BCUT2D eigenvalue weighted by Gasteiger charge is -2.25. The van der Waals surface area contributed by atoms with Crippen molar-refractivity contribution >= 4 is 33.2 Å². The van der Waals surface area contributed by atoms with Crippen molar-refractivity contribution in [3.05, 3.63) is 81.9 Å². The number of hydrogen-bond acceptors (Lipinski definition) is 7. The summed E-state index contributed by atoms with van der Waals surface area (Å²) < 4.78 is 21.8. The first kappa shape index (κ1) is 23.7. The molecular weight excluding hydrogens is 481 g/mol. The van der Waals surface area contributed by atoms with E-state index in [4.69, 9.17) is 10.00 Å². The van der Waals surface area contributed by atoms with Crippen molar-refractivity contribution in [3.63, 3.8) is 0 Å². The van der Waals surface area contributed by atoms with Crippen molar-refractivity contribution in [1.82, 2.24) is 19.4 Å². The molecule has 1 aliphatic heterocycles. The second kappa shape index (κ2) is 9.89. The summed E-state index contributed by atoms with van der Waals surface area (Å²) in [5, 5.41) is 18.1. The molecule has 3 aromatic heterocycles. The highest BCUT2D eigenvalue weighted by Gasteiger charge is 2.19. The molecule has 0 radical (unpaired) electrons. The fourth-order valence-electron chi connectivity index (χ4n) is 4.12. The van der Waals surface area contributed by atoms with Gasteiger partial charge in [-0.2, -0.15) is 5.26 Å². The van der Waals surface area contributed by atoms with E-state index in [9.17, 15) is 14.3 Å². The predicted molar refractivity (Wildman–Crippen MR) is 133 cm³/mol. The zero-order chi connectivity index (χ0) is 25.2. The number of benzene rings is 1. The third-order valence-electron chi connectivity index (χ3n) is 6.15. The standard InChI is InChI=1S/C26H22FN5O3S/c1-31-21-12-22(26(33)34)36-25(21)30-23(31)14-32-9-7-17(8-10-32)20-3-2-4-24(29-20)35-15-18-6-5-16(13-28)11-19(18)27/h2-7,11-12H,8-10,14-15H2,1H3,(H,33,34). The van der Waals surface area contributed by atoms with Gasteiger partial charge in [-0.15, -0.1) is 11.3 Å². The number of carboxylic acid groups (broad SMARTS) is 1. The van der Waals surface area contributed by atoms with E-state index in [-0.39, 0.29) is 12.2 Å². The van der Waals surface area contributed by atoms with E-state index in [1.807, 2.05) is 29.8 Å². The SMILES string of the molecule is Cn1c(CN2CC=C(c3cccc(OCc4ccc(C#N)cc4F)n3)CC2)nc2sc(C(=O)O)cc21. The number of pyridine rings is 1. The van der Waals surface area contributed by atoms with Gasteiger partial charge in [-0.1, -0.05) is 18.2 Å². The van der Waals surface area contributed by atoms with Gasteiger partial charge in [0.1, 0.15) is 28.0 Å². The molecule has 1 aliphatic rings. The minimum Gasteiger partial charge on any atom is -0.477 e. The molecule has 1 N–H and O–H groups in total. The van der Waals surface area contributed by atoms with Gasteiger partial charge in [0.15, 0.2) is 0 Å². The van der Waals surface area contributed by atoms with Crippen molar-refractivity contribution in [3.8, 4) is 11.9 Å². The minimum atomic E-state index is -0.933. The number of aromatic carboxylic acids is 1. The number of carbonyl (C=O) groups is 1. The number of aryl methyl sites for hydroxylation is 1. The maximum absolute atomic E-state index is 14.1. The van der Waals surface area contributed by atoms with Crippen LogP contribution in [0, 0.1) is 17.1 Å². The Bertz CT molecular complexity index is 1530. The van der Waals surface area contributed by atoms with Crippen LogP contribution in [0.4, 0.5) is 4.39 Å². The Morgan fingerprint density at radius 3 is 2.83 bits per heavy atom. The largest absolute Gasteiger partial charge is 0.477 e. The minimum absolute atomic E-state index is 0.0237. The molecule has 10 heteroatoms. The van der Waals surface area contributed by atoms with Gasteiger partial charge in [0.2, 0.25) is 5.88 Å².